The Kier molecular flexibility index (Phi) is 78.8. The fraction of sp³-hybridized carbons (Fsp3) is 1.00. The number of unbranched alkanes of at least 4 members (excludes halogenated alkanes) is 4. The van der Waals surface area contributed by atoms with Gasteiger partial charge in [0.25, 0.3) is 0 Å². The van der Waals surface area contributed by atoms with E-state index in [1.54, 1.807) is 0 Å². The fourth-order valence-electron chi connectivity index (χ4n) is 0.632. The first kappa shape index (κ1) is 33.1. The topological polar surface area (TPSA) is 80.9 Å². The van der Waals surface area contributed by atoms with Crippen LogP contribution in [0.2, 0.25) is 0 Å². The molecule has 21 heavy (non-hydrogen) atoms. The van der Waals surface area contributed by atoms with Crippen LogP contribution < -0.4 is 0 Å². The average Bonchev–Trinajstić information content (AvgIpc) is 2.44. The summed E-state index contributed by atoms with van der Waals surface area (Å²) in [5.41, 5.74) is 0. The standard InChI is InChI=1S/4C4H10O.V/c4*1-2-3-4-5;/h4*5H,2-4H2,1H3;. The number of rotatable bonds is 8. The monoisotopic (exact) mass is 347 g/mol. The Bertz CT molecular complexity index is 74.3. The summed E-state index contributed by atoms with van der Waals surface area (Å²) in [4.78, 5) is 0. The SMILES string of the molecule is CCCCO.CCCCO.CCCCO.CCCCO.[V]. The molecule has 0 unspecified atom stereocenters. The first-order valence-corrected chi connectivity index (χ1v) is 8.09. The van der Waals surface area contributed by atoms with Crippen LogP contribution in [0.25, 0.3) is 0 Å². The molecule has 4 nitrogen and oxygen atoms in total. The molecular weight excluding hydrogens is 307 g/mol. The molecule has 0 aliphatic carbocycles. The zero-order valence-corrected chi connectivity index (χ0v) is 16.1. The van der Waals surface area contributed by atoms with Crippen molar-refractivity contribution in [2.45, 2.75) is 79.1 Å². The van der Waals surface area contributed by atoms with E-state index in [1.165, 1.54) is 0 Å². The molecule has 0 aliphatic rings. The van der Waals surface area contributed by atoms with Gasteiger partial charge in [-0.3, -0.25) is 0 Å². The third kappa shape index (κ3) is 97.7. The van der Waals surface area contributed by atoms with Crippen molar-refractivity contribution in [2.75, 3.05) is 26.4 Å². The second-order valence-corrected chi connectivity index (χ2v) is 4.31. The largest absolute Gasteiger partial charge is 0.396 e. The van der Waals surface area contributed by atoms with Gasteiger partial charge in [-0.2, -0.15) is 0 Å². The molecular formula is C16H40O4V. The summed E-state index contributed by atoms with van der Waals surface area (Å²) in [6, 6.07) is 0. The normalized spacial score (nSPS) is 8.00. The van der Waals surface area contributed by atoms with E-state index in [2.05, 4.69) is 27.7 Å². The minimum atomic E-state index is 0. The van der Waals surface area contributed by atoms with Crippen molar-refractivity contribution in [3.63, 3.8) is 0 Å². The van der Waals surface area contributed by atoms with Crippen LogP contribution in [-0.4, -0.2) is 46.9 Å². The Labute approximate surface area is 144 Å². The van der Waals surface area contributed by atoms with E-state index in [1.807, 2.05) is 0 Å². The van der Waals surface area contributed by atoms with Crippen LogP contribution in [0, 0.1) is 0 Å². The van der Waals surface area contributed by atoms with E-state index >= 15 is 0 Å². The molecule has 0 aromatic heterocycles. The first-order valence-electron chi connectivity index (χ1n) is 8.09. The molecule has 0 atom stereocenters. The molecule has 0 aromatic carbocycles. The zero-order chi connectivity index (χ0) is 16.5. The number of hydrogen-bond donors (Lipinski definition) is 4. The van der Waals surface area contributed by atoms with Gasteiger partial charge < -0.3 is 20.4 Å². The summed E-state index contributed by atoms with van der Waals surface area (Å²) in [5, 5.41) is 32.3. The fourth-order valence-corrected chi connectivity index (χ4v) is 0.632. The molecule has 133 valence electrons. The molecule has 0 spiro atoms. The van der Waals surface area contributed by atoms with Crippen LogP contribution in [-0.2, 0) is 18.6 Å². The third-order valence-corrected chi connectivity index (χ3v) is 2.05. The van der Waals surface area contributed by atoms with Gasteiger partial charge >= 0.3 is 0 Å². The van der Waals surface area contributed by atoms with Gasteiger partial charge in [0.05, 0.1) is 0 Å². The predicted octanol–water partition coefficient (Wildman–Crippen LogP) is 3.11. The number of hydrogen-bond acceptors (Lipinski definition) is 4. The van der Waals surface area contributed by atoms with Crippen molar-refractivity contribution in [3.8, 4) is 0 Å². The van der Waals surface area contributed by atoms with Gasteiger partial charge in [-0.05, 0) is 25.7 Å². The van der Waals surface area contributed by atoms with Crippen molar-refractivity contribution >= 4 is 0 Å². The van der Waals surface area contributed by atoms with Crippen molar-refractivity contribution in [3.05, 3.63) is 0 Å². The van der Waals surface area contributed by atoms with Gasteiger partial charge in [0.1, 0.15) is 0 Å². The molecule has 0 bridgehead atoms. The minimum Gasteiger partial charge on any atom is -0.396 e. The number of aliphatic hydroxyl groups is 4. The maximum atomic E-state index is 8.07. The summed E-state index contributed by atoms with van der Waals surface area (Å²) in [7, 11) is 0. The van der Waals surface area contributed by atoms with Crippen LogP contribution in [0.4, 0.5) is 0 Å². The predicted molar refractivity (Wildman–Crippen MR) is 88.0 cm³/mol. The molecule has 0 aliphatic heterocycles. The summed E-state index contributed by atoms with van der Waals surface area (Å²) in [6.45, 7) is 9.58. The molecule has 0 heterocycles. The van der Waals surface area contributed by atoms with Crippen molar-refractivity contribution < 1.29 is 39.0 Å². The Hall–Kier alpha value is 0.424. The van der Waals surface area contributed by atoms with E-state index in [0.717, 1.165) is 51.4 Å². The molecule has 0 saturated heterocycles. The third-order valence-electron chi connectivity index (χ3n) is 2.05. The molecule has 0 amide bonds. The van der Waals surface area contributed by atoms with Crippen LogP contribution in [0.1, 0.15) is 79.1 Å². The van der Waals surface area contributed by atoms with Gasteiger partial charge in [-0.1, -0.05) is 53.4 Å². The summed E-state index contributed by atoms with van der Waals surface area (Å²) >= 11 is 0. The number of aliphatic hydroxyl groups excluding tert-OH is 4. The Morgan fingerprint density at radius 1 is 0.429 bits per heavy atom. The van der Waals surface area contributed by atoms with Crippen LogP contribution in [0.3, 0.4) is 0 Å². The summed E-state index contributed by atoms with van der Waals surface area (Å²) < 4.78 is 0. The second-order valence-electron chi connectivity index (χ2n) is 4.31. The van der Waals surface area contributed by atoms with E-state index in [9.17, 15) is 0 Å². The second kappa shape index (κ2) is 49.9. The van der Waals surface area contributed by atoms with Gasteiger partial charge in [0.2, 0.25) is 0 Å². The molecule has 5 heteroatoms. The maximum absolute atomic E-state index is 8.07. The van der Waals surface area contributed by atoms with Crippen molar-refractivity contribution in [2.24, 2.45) is 0 Å². The van der Waals surface area contributed by atoms with E-state index < -0.39 is 0 Å². The van der Waals surface area contributed by atoms with E-state index in [0.29, 0.717) is 26.4 Å². The maximum Gasteiger partial charge on any atom is 0.0430 e. The Morgan fingerprint density at radius 3 is 0.571 bits per heavy atom. The molecule has 0 fully saturated rings. The zero-order valence-electron chi connectivity index (χ0n) is 14.7. The molecule has 0 aromatic rings. The van der Waals surface area contributed by atoms with Gasteiger partial charge in [-0.25, -0.2) is 0 Å². The molecule has 4 N–H and O–H groups in total. The Morgan fingerprint density at radius 2 is 0.571 bits per heavy atom. The van der Waals surface area contributed by atoms with Crippen molar-refractivity contribution in [1.82, 2.24) is 0 Å². The molecule has 1 radical (unpaired) electrons. The molecule has 0 saturated carbocycles. The van der Waals surface area contributed by atoms with E-state index in [4.69, 9.17) is 20.4 Å². The van der Waals surface area contributed by atoms with Crippen LogP contribution >= 0.6 is 0 Å². The smallest absolute Gasteiger partial charge is 0.0430 e. The van der Waals surface area contributed by atoms with Crippen molar-refractivity contribution in [1.29, 1.82) is 0 Å². The van der Waals surface area contributed by atoms with Gasteiger partial charge in [0, 0.05) is 45.0 Å². The van der Waals surface area contributed by atoms with Gasteiger partial charge in [0.15, 0.2) is 0 Å². The summed E-state index contributed by atoms with van der Waals surface area (Å²) in [5.74, 6) is 0. The quantitative estimate of drug-likeness (QED) is 0.544. The average molecular weight is 347 g/mol. The van der Waals surface area contributed by atoms with Gasteiger partial charge in [-0.15, -0.1) is 0 Å². The van der Waals surface area contributed by atoms with E-state index in [-0.39, 0.29) is 18.6 Å². The van der Waals surface area contributed by atoms with Crippen LogP contribution in [0.15, 0.2) is 0 Å². The first-order chi connectivity index (χ1) is 9.66. The molecule has 0 rings (SSSR count). The van der Waals surface area contributed by atoms with Crippen LogP contribution in [0.5, 0.6) is 0 Å². The Balaban J connectivity index is -0.0000000533. The summed E-state index contributed by atoms with van der Waals surface area (Å²) in [6.07, 6.45) is 8.15. The minimum absolute atomic E-state index is 0.